The van der Waals surface area contributed by atoms with Crippen molar-refractivity contribution < 1.29 is 44.9 Å². The number of hydrogen-bond acceptors (Lipinski definition) is 5. The van der Waals surface area contributed by atoms with Crippen LogP contribution in [0.15, 0.2) is 0 Å². The topological polar surface area (TPSA) is 98.9 Å². The molecule has 6 heteroatoms. The van der Waals surface area contributed by atoms with Crippen molar-refractivity contribution in [3.63, 3.8) is 0 Å². The van der Waals surface area contributed by atoms with E-state index in [1.807, 2.05) is 0 Å². The number of rotatable bonds is 6. The Morgan fingerprint density at radius 1 is 0.750 bits per heavy atom. The van der Waals surface area contributed by atoms with Crippen molar-refractivity contribution in [2.75, 3.05) is 39.5 Å². The predicted octanol–water partition coefficient (Wildman–Crippen LogP) is -4.57. The first-order valence-corrected chi connectivity index (χ1v) is 3.40. The van der Waals surface area contributed by atoms with Gasteiger partial charge in [0, 0.05) is 19.6 Å². The van der Waals surface area contributed by atoms with E-state index in [-0.39, 0.29) is 55.5 Å². The maximum atomic E-state index is 8.48. The third kappa shape index (κ3) is 10.8. The normalized spacial score (nSPS) is 9.00. The molecule has 0 aliphatic heterocycles. The van der Waals surface area contributed by atoms with Crippen LogP contribution in [0, 0.1) is 0 Å². The van der Waals surface area contributed by atoms with Crippen LogP contribution in [0.25, 0.3) is 0 Å². The molecule has 0 aromatic heterocycles. The fourth-order valence-corrected chi connectivity index (χ4v) is 0.760. The van der Waals surface area contributed by atoms with Crippen LogP contribution in [-0.4, -0.2) is 59.7 Å². The standard InChI is InChI=1S/C6H15NO3.H3N.Na/c8-4-1-7(2-5-9)3-6-10;;/h8-10H,1-6H2;1H3;/q;;+1. The van der Waals surface area contributed by atoms with Gasteiger partial charge in [0.05, 0.1) is 19.8 Å². The Kier molecular flexibility index (Phi) is 22.2. The van der Waals surface area contributed by atoms with Crippen molar-refractivity contribution in [1.29, 1.82) is 0 Å². The molecule has 0 amide bonds. The molecule has 0 atom stereocenters. The van der Waals surface area contributed by atoms with Crippen molar-refractivity contribution in [2.24, 2.45) is 0 Å². The molecule has 0 radical (unpaired) electrons. The first kappa shape index (κ1) is 18.6. The minimum Gasteiger partial charge on any atom is -0.395 e. The first-order valence-electron chi connectivity index (χ1n) is 3.40. The van der Waals surface area contributed by atoms with E-state index < -0.39 is 0 Å². The molecule has 0 aliphatic rings. The first-order chi connectivity index (χ1) is 4.85. The van der Waals surface area contributed by atoms with Crippen molar-refractivity contribution in [3.8, 4) is 0 Å². The summed E-state index contributed by atoms with van der Waals surface area (Å²) in [5, 5.41) is 25.5. The molecule has 0 rings (SSSR count). The zero-order chi connectivity index (χ0) is 7.82. The summed E-state index contributed by atoms with van der Waals surface area (Å²) in [7, 11) is 0. The summed E-state index contributed by atoms with van der Waals surface area (Å²) < 4.78 is 0. The average molecular weight is 189 g/mol. The Morgan fingerprint density at radius 2 is 1.00 bits per heavy atom. The van der Waals surface area contributed by atoms with Crippen molar-refractivity contribution in [3.05, 3.63) is 0 Å². The second-order valence-corrected chi connectivity index (χ2v) is 2.01. The molecule has 0 aromatic rings. The second-order valence-electron chi connectivity index (χ2n) is 2.01. The third-order valence-electron chi connectivity index (χ3n) is 1.25. The average Bonchev–Trinajstić information content (AvgIpc) is 1.90. The SMILES string of the molecule is N.OCCN(CCO)CCO.[Na+]. The zero-order valence-electron chi connectivity index (χ0n) is 7.74. The number of aliphatic hydroxyl groups excluding tert-OH is 3. The molecule has 0 aromatic carbocycles. The summed E-state index contributed by atoms with van der Waals surface area (Å²) >= 11 is 0. The summed E-state index contributed by atoms with van der Waals surface area (Å²) in [6, 6.07) is 0. The fraction of sp³-hybridized carbons (Fsp3) is 1.00. The van der Waals surface area contributed by atoms with Crippen LogP contribution in [0.3, 0.4) is 0 Å². The van der Waals surface area contributed by atoms with Gasteiger partial charge in [-0.15, -0.1) is 0 Å². The monoisotopic (exact) mass is 189 g/mol. The van der Waals surface area contributed by atoms with Gasteiger partial charge in [0.2, 0.25) is 0 Å². The third-order valence-corrected chi connectivity index (χ3v) is 1.25. The van der Waals surface area contributed by atoms with E-state index in [4.69, 9.17) is 15.3 Å². The Balaban J connectivity index is -0.000000405. The van der Waals surface area contributed by atoms with E-state index in [0.29, 0.717) is 19.6 Å². The molecule has 0 spiro atoms. The molecule has 5 nitrogen and oxygen atoms in total. The maximum absolute atomic E-state index is 8.48. The van der Waals surface area contributed by atoms with Gasteiger partial charge < -0.3 is 21.5 Å². The number of hydrogen-bond donors (Lipinski definition) is 4. The van der Waals surface area contributed by atoms with Gasteiger partial charge in [0.25, 0.3) is 0 Å². The smallest absolute Gasteiger partial charge is 0.395 e. The molecule has 70 valence electrons. The van der Waals surface area contributed by atoms with Gasteiger partial charge in [-0.25, -0.2) is 0 Å². The molecular weight excluding hydrogens is 171 g/mol. The summed E-state index contributed by atoms with van der Waals surface area (Å²) in [5.41, 5.74) is 0. The Hall–Kier alpha value is 0.800. The molecule has 0 heterocycles. The maximum Gasteiger partial charge on any atom is 1.00 e. The van der Waals surface area contributed by atoms with E-state index in [9.17, 15) is 0 Å². The molecule has 6 N–H and O–H groups in total. The van der Waals surface area contributed by atoms with E-state index >= 15 is 0 Å². The van der Waals surface area contributed by atoms with Crippen LogP contribution in [0.1, 0.15) is 0 Å². The molecular formula is C6H18N2NaO3+. The Labute approximate surface area is 95.3 Å². The summed E-state index contributed by atoms with van der Waals surface area (Å²) in [6.45, 7) is 1.75. The number of nitrogens with zero attached hydrogens (tertiary/aromatic N) is 1. The van der Waals surface area contributed by atoms with Gasteiger partial charge in [-0.05, 0) is 0 Å². The van der Waals surface area contributed by atoms with Gasteiger partial charge >= 0.3 is 29.6 Å². The van der Waals surface area contributed by atoms with Crippen LogP contribution in [-0.2, 0) is 0 Å². The number of aliphatic hydroxyl groups is 3. The van der Waals surface area contributed by atoms with Gasteiger partial charge in [-0.3, -0.25) is 4.90 Å². The zero-order valence-corrected chi connectivity index (χ0v) is 9.74. The van der Waals surface area contributed by atoms with E-state index in [0.717, 1.165) is 0 Å². The molecule has 12 heavy (non-hydrogen) atoms. The summed E-state index contributed by atoms with van der Waals surface area (Å²) in [6.07, 6.45) is 0. The largest absolute Gasteiger partial charge is 1.00 e. The van der Waals surface area contributed by atoms with E-state index in [1.54, 1.807) is 4.90 Å². The van der Waals surface area contributed by atoms with Crippen molar-refractivity contribution in [2.45, 2.75) is 0 Å². The molecule has 0 unspecified atom stereocenters. The molecule has 0 saturated carbocycles. The van der Waals surface area contributed by atoms with Gasteiger partial charge in [-0.2, -0.15) is 0 Å². The summed E-state index contributed by atoms with van der Waals surface area (Å²) in [5.74, 6) is 0. The van der Waals surface area contributed by atoms with Crippen LogP contribution < -0.4 is 35.7 Å². The quantitative estimate of drug-likeness (QED) is 0.315. The second kappa shape index (κ2) is 14.3. The van der Waals surface area contributed by atoms with Crippen LogP contribution in [0.4, 0.5) is 0 Å². The minimum atomic E-state index is 0. The Morgan fingerprint density at radius 3 is 1.17 bits per heavy atom. The van der Waals surface area contributed by atoms with Gasteiger partial charge in [-0.1, -0.05) is 0 Å². The molecule has 0 fully saturated rings. The minimum absolute atomic E-state index is 0. The predicted molar refractivity (Wildman–Crippen MR) is 42.7 cm³/mol. The summed E-state index contributed by atoms with van der Waals surface area (Å²) in [4.78, 5) is 1.79. The Bertz CT molecular complexity index is 63.5. The van der Waals surface area contributed by atoms with E-state index in [2.05, 4.69) is 0 Å². The van der Waals surface area contributed by atoms with Crippen molar-refractivity contribution in [1.82, 2.24) is 11.1 Å². The molecule has 0 bridgehead atoms. The molecule has 0 aliphatic carbocycles. The fourth-order valence-electron chi connectivity index (χ4n) is 0.760. The van der Waals surface area contributed by atoms with Crippen LogP contribution in [0.5, 0.6) is 0 Å². The van der Waals surface area contributed by atoms with Crippen molar-refractivity contribution >= 4 is 0 Å². The van der Waals surface area contributed by atoms with E-state index in [1.165, 1.54) is 0 Å². The van der Waals surface area contributed by atoms with Crippen LogP contribution >= 0.6 is 0 Å². The molecule has 0 saturated heterocycles. The van der Waals surface area contributed by atoms with Crippen LogP contribution in [0.2, 0.25) is 0 Å². The van der Waals surface area contributed by atoms with Gasteiger partial charge in [0.15, 0.2) is 0 Å². The van der Waals surface area contributed by atoms with Gasteiger partial charge in [0.1, 0.15) is 0 Å².